The number of H-pyrrole nitrogens is 1. The lowest BCUT2D eigenvalue weighted by atomic mass is 10.3. The molecule has 0 radical (unpaired) electrons. The van der Waals surface area contributed by atoms with Crippen LogP contribution in [0.3, 0.4) is 0 Å². The van der Waals surface area contributed by atoms with Crippen molar-refractivity contribution in [2.24, 2.45) is 0 Å². The van der Waals surface area contributed by atoms with Gasteiger partial charge in [0.1, 0.15) is 6.07 Å². The highest BCUT2D eigenvalue weighted by Crippen LogP contribution is 2.13. The van der Waals surface area contributed by atoms with Crippen molar-refractivity contribution in [2.75, 3.05) is 0 Å². The van der Waals surface area contributed by atoms with Gasteiger partial charge in [-0.2, -0.15) is 5.26 Å². The van der Waals surface area contributed by atoms with Gasteiger partial charge in [-0.15, -0.1) is 0 Å². The quantitative estimate of drug-likeness (QED) is 0.551. The van der Waals surface area contributed by atoms with E-state index in [4.69, 9.17) is 10.4 Å². The summed E-state index contributed by atoms with van der Waals surface area (Å²) in [7, 11) is 0. The summed E-state index contributed by atoms with van der Waals surface area (Å²) in [4.78, 5) is 2.55. The van der Waals surface area contributed by atoms with E-state index in [1.54, 1.807) is 6.07 Å². The molecule has 1 rings (SSSR count). The van der Waals surface area contributed by atoms with Gasteiger partial charge < -0.3 is 10.1 Å². The molecule has 0 bridgehead atoms. The maximum Gasteiger partial charge on any atom is 0.168 e. The molecule has 0 amide bonds. The van der Waals surface area contributed by atoms with Crippen molar-refractivity contribution < 1.29 is 5.11 Å². The Morgan fingerprint density at radius 3 is 2.90 bits per heavy atom. The van der Waals surface area contributed by atoms with Crippen LogP contribution in [-0.4, -0.2) is 10.1 Å². The van der Waals surface area contributed by atoms with E-state index < -0.39 is 0 Å². The second-order valence-corrected chi connectivity index (χ2v) is 2.12. The second kappa shape index (κ2) is 2.50. The lowest BCUT2D eigenvalue weighted by Gasteiger charge is -1.92. The highest BCUT2D eigenvalue weighted by Gasteiger charge is 1.98. The summed E-state index contributed by atoms with van der Waals surface area (Å²) in [5.74, 6) is -0.153. The van der Waals surface area contributed by atoms with Crippen molar-refractivity contribution >= 4 is 12.2 Å². The van der Waals surface area contributed by atoms with E-state index in [1.807, 2.05) is 0 Å². The molecule has 0 aliphatic rings. The van der Waals surface area contributed by atoms with Crippen LogP contribution in [0.25, 0.3) is 0 Å². The monoisotopic (exact) mass is 152 g/mol. The number of rotatable bonds is 0. The molecule has 2 N–H and O–H groups in total. The van der Waals surface area contributed by atoms with E-state index in [-0.39, 0.29) is 16.0 Å². The molecule has 0 saturated heterocycles. The van der Waals surface area contributed by atoms with Crippen LogP contribution in [0.1, 0.15) is 5.69 Å². The van der Waals surface area contributed by atoms with Crippen LogP contribution < -0.4 is 0 Å². The highest BCUT2D eigenvalue weighted by atomic mass is 32.1. The first-order valence-electron chi connectivity index (χ1n) is 2.56. The van der Waals surface area contributed by atoms with Crippen LogP contribution in [0.2, 0.25) is 0 Å². The van der Waals surface area contributed by atoms with Crippen LogP contribution in [0.15, 0.2) is 12.3 Å². The molecule has 1 heterocycles. The average molecular weight is 152 g/mol. The van der Waals surface area contributed by atoms with Crippen molar-refractivity contribution in [3.8, 4) is 11.8 Å². The van der Waals surface area contributed by atoms with Gasteiger partial charge in [-0.25, -0.2) is 0 Å². The highest BCUT2D eigenvalue weighted by molar-refractivity contribution is 7.71. The minimum atomic E-state index is -0.153. The number of nitrogens with zero attached hydrogens (tertiary/aromatic N) is 1. The molecule has 10 heavy (non-hydrogen) atoms. The van der Waals surface area contributed by atoms with Gasteiger partial charge in [-0.05, 0) is 6.07 Å². The average Bonchev–Trinajstić information content (AvgIpc) is 1.95. The van der Waals surface area contributed by atoms with E-state index >= 15 is 0 Å². The summed E-state index contributed by atoms with van der Waals surface area (Å²) >= 11 is 4.69. The Kier molecular flexibility index (Phi) is 1.69. The Morgan fingerprint density at radius 1 is 1.70 bits per heavy atom. The van der Waals surface area contributed by atoms with Gasteiger partial charge in [-0.1, -0.05) is 12.2 Å². The number of aromatic amines is 1. The minimum Gasteiger partial charge on any atom is -0.504 e. The Bertz CT molecular complexity index is 336. The first-order chi connectivity index (χ1) is 4.75. The lowest BCUT2D eigenvalue weighted by Crippen LogP contribution is -1.81. The summed E-state index contributed by atoms with van der Waals surface area (Å²) in [6, 6.07) is 3.28. The van der Waals surface area contributed by atoms with Crippen molar-refractivity contribution in [1.29, 1.82) is 5.26 Å². The zero-order chi connectivity index (χ0) is 7.56. The van der Waals surface area contributed by atoms with E-state index in [9.17, 15) is 0 Å². The lowest BCUT2D eigenvalue weighted by molar-refractivity contribution is 0.468. The molecule has 0 unspecified atom stereocenters. The number of nitrogens with one attached hydrogen (secondary N) is 1. The van der Waals surface area contributed by atoms with Crippen LogP contribution >= 0.6 is 12.2 Å². The molecule has 1 aromatic rings. The number of nitriles is 1. The van der Waals surface area contributed by atoms with Gasteiger partial charge in [0.15, 0.2) is 11.4 Å². The third-order valence-corrected chi connectivity index (χ3v) is 1.37. The van der Waals surface area contributed by atoms with Gasteiger partial charge in [0.2, 0.25) is 0 Å². The van der Waals surface area contributed by atoms with Gasteiger partial charge >= 0.3 is 0 Å². The van der Waals surface area contributed by atoms with Crippen molar-refractivity contribution in [3.05, 3.63) is 22.5 Å². The summed E-state index contributed by atoms with van der Waals surface area (Å²) in [6.07, 6.45) is 1.51. The van der Waals surface area contributed by atoms with E-state index in [0.717, 1.165) is 0 Å². The van der Waals surface area contributed by atoms with Gasteiger partial charge in [0.25, 0.3) is 0 Å². The van der Waals surface area contributed by atoms with Crippen molar-refractivity contribution in [3.63, 3.8) is 0 Å². The zero-order valence-electron chi connectivity index (χ0n) is 4.96. The van der Waals surface area contributed by atoms with E-state index in [0.29, 0.717) is 0 Å². The molecule has 4 heteroatoms. The molecular weight excluding hydrogens is 148 g/mol. The fraction of sp³-hybridized carbons (Fsp3) is 0. The number of hydrogen-bond donors (Lipinski definition) is 2. The molecule has 3 nitrogen and oxygen atoms in total. The number of pyridine rings is 1. The molecule has 0 aliphatic heterocycles. The van der Waals surface area contributed by atoms with Crippen LogP contribution in [0.5, 0.6) is 5.75 Å². The zero-order valence-corrected chi connectivity index (χ0v) is 5.77. The third kappa shape index (κ3) is 0.993. The minimum absolute atomic E-state index is 0.104. The molecule has 0 fully saturated rings. The molecule has 1 aromatic heterocycles. The van der Waals surface area contributed by atoms with Crippen LogP contribution in [0.4, 0.5) is 0 Å². The molecule has 0 aliphatic carbocycles. The summed E-state index contributed by atoms with van der Waals surface area (Å²) in [5.41, 5.74) is 0.104. The van der Waals surface area contributed by atoms with Gasteiger partial charge in [0, 0.05) is 6.20 Å². The molecule has 50 valence electrons. The smallest absolute Gasteiger partial charge is 0.168 e. The maximum absolute atomic E-state index is 9.04. The predicted octanol–water partition coefficient (Wildman–Crippen LogP) is 1.32. The Balaban J connectivity index is 3.46. The molecule has 0 spiro atoms. The number of hydrogen-bond acceptors (Lipinski definition) is 3. The van der Waals surface area contributed by atoms with Crippen molar-refractivity contribution in [2.45, 2.75) is 0 Å². The molecule has 0 saturated carbocycles. The molecular formula is C6H4N2OS. The fourth-order valence-electron chi connectivity index (χ4n) is 0.556. The number of aromatic hydroxyl groups is 1. The second-order valence-electron chi connectivity index (χ2n) is 1.68. The first-order valence-corrected chi connectivity index (χ1v) is 2.97. The van der Waals surface area contributed by atoms with Crippen LogP contribution in [0, 0.1) is 15.8 Å². The fourth-order valence-corrected chi connectivity index (χ4v) is 0.727. The van der Waals surface area contributed by atoms with E-state index in [2.05, 4.69) is 17.2 Å². The van der Waals surface area contributed by atoms with Gasteiger partial charge in [-0.3, -0.25) is 0 Å². The Morgan fingerprint density at radius 2 is 2.40 bits per heavy atom. The Hall–Kier alpha value is -1.34. The number of aromatic nitrogens is 1. The molecule has 0 atom stereocenters. The summed E-state index contributed by atoms with van der Waals surface area (Å²) in [5, 5.41) is 17.4. The largest absolute Gasteiger partial charge is 0.504 e. The molecule has 0 aromatic carbocycles. The SMILES string of the molecule is N#Cc1[nH]ccc(=S)c1O. The standard InChI is InChI=1S/C6H4N2OS/c7-3-4-6(9)5(10)1-2-8-4/h1-2,9H,(H,8,10). The summed E-state index contributed by atoms with van der Waals surface area (Å²) < 4.78 is 0.287. The predicted molar refractivity (Wildman–Crippen MR) is 38.0 cm³/mol. The van der Waals surface area contributed by atoms with Gasteiger partial charge in [0.05, 0.1) is 4.51 Å². The third-order valence-electron chi connectivity index (χ3n) is 1.04. The normalized spacial score (nSPS) is 8.70. The first kappa shape index (κ1) is 6.78. The topological polar surface area (TPSA) is 59.8 Å². The summed E-state index contributed by atoms with van der Waals surface area (Å²) in [6.45, 7) is 0. The van der Waals surface area contributed by atoms with Crippen molar-refractivity contribution in [1.82, 2.24) is 4.98 Å². The Labute approximate surface area is 62.6 Å². The van der Waals surface area contributed by atoms with E-state index in [1.165, 1.54) is 12.3 Å². The maximum atomic E-state index is 9.04. The van der Waals surface area contributed by atoms with Crippen LogP contribution in [-0.2, 0) is 0 Å².